The van der Waals surface area contributed by atoms with Crippen LogP contribution in [0, 0.1) is 0 Å². The molecule has 0 aliphatic rings. The molecule has 0 fully saturated rings. The van der Waals surface area contributed by atoms with Crippen molar-refractivity contribution in [2.45, 2.75) is 20.0 Å². The maximum atomic E-state index is 12.7. The molecule has 0 radical (unpaired) electrons. The van der Waals surface area contributed by atoms with Gasteiger partial charge in [0.15, 0.2) is 6.10 Å². The number of rotatable bonds is 8. The third-order valence-corrected chi connectivity index (χ3v) is 5.21. The highest BCUT2D eigenvalue weighted by atomic mass is 79.9. The number of ether oxygens (including phenoxy) is 2. The molecule has 0 saturated heterocycles. The molecule has 1 atom stereocenters. The highest BCUT2D eigenvalue weighted by Gasteiger charge is 2.17. The Hall–Kier alpha value is -3.03. The van der Waals surface area contributed by atoms with E-state index in [0.717, 1.165) is 4.47 Å². The maximum absolute atomic E-state index is 12.7. The molecule has 8 heteroatoms. The summed E-state index contributed by atoms with van der Waals surface area (Å²) in [5.74, 6) is 0.323. The van der Waals surface area contributed by atoms with Gasteiger partial charge in [-0.3, -0.25) is 9.59 Å². The normalized spacial score (nSPS) is 11.4. The molecule has 3 aromatic carbocycles. The minimum absolute atomic E-state index is 0.298. The van der Waals surface area contributed by atoms with E-state index in [1.807, 2.05) is 13.0 Å². The third kappa shape index (κ3) is 6.24. The monoisotopic (exact) mass is 516 g/mol. The van der Waals surface area contributed by atoms with Crippen molar-refractivity contribution in [3.63, 3.8) is 0 Å². The van der Waals surface area contributed by atoms with Crippen LogP contribution in [0.15, 0.2) is 71.2 Å². The van der Waals surface area contributed by atoms with Crippen LogP contribution in [0.5, 0.6) is 11.5 Å². The van der Waals surface area contributed by atoms with Crippen molar-refractivity contribution in [3.05, 3.63) is 81.8 Å². The molecule has 3 rings (SSSR count). The average Bonchev–Trinajstić information content (AvgIpc) is 2.78. The predicted octanol–water partition coefficient (Wildman–Crippen LogP) is 6.16. The zero-order chi connectivity index (χ0) is 23.1. The molecule has 0 aliphatic heterocycles. The lowest BCUT2D eigenvalue weighted by atomic mass is 10.1. The van der Waals surface area contributed by atoms with E-state index in [-0.39, 0.29) is 11.8 Å². The van der Waals surface area contributed by atoms with Gasteiger partial charge in [0, 0.05) is 15.8 Å². The van der Waals surface area contributed by atoms with Crippen LogP contribution >= 0.6 is 27.5 Å². The van der Waals surface area contributed by atoms with E-state index in [9.17, 15) is 9.59 Å². The molecule has 0 aliphatic carbocycles. The summed E-state index contributed by atoms with van der Waals surface area (Å²) in [5.41, 5.74) is 1.57. The van der Waals surface area contributed by atoms with Gasteiger partial charge in [0.1, 0.15) is 11.5 Å². The van der Waals surface area contributed by atoms with Gasteiger partial charge in [0.25, 0.3) is 11.8 Å². The quantitative estimate of drug-likeness (QED) is 0.375. The van der Waals surface area contributed by atoms with E-state index in [1.165, 1.54) is 0 Å². The average molecular weight is 518 g/mol. The second-order valence-electron chi connectivity index (χ2n) is 6.78. The van der Waals surface area contributed by atoms with Crippen LogP contribution in [0.2, 0.25) is 5.02 Å². The summed E-state index contributed by atoms with van der Waals surface area (Å²) in [6, 6.07) is 19.0. The molecular formula is C24H22BrClN2O4. The van der Waals surface area contributed by atoms with Gasteiger partial charge in [-0.2, -0.15) is 0 Å². The lowest BCUT2D eigenvalue weighted by molar-refractivity contribution is -0.122. The zero-order valence-corrected chi connectivity index (χ0v) is 19.9. The standard InChI is InChI=1S/C24H22BrClN2O4/c1-3-31-21-13-8-16(25)14-19(21)24(30)28-18-11-9-17(10-12-18)27-23(29)15(2)32-22-7-5-4-6-20(22)26/h4-15H,3H2,1-2H3,(H,27,29)(H,28,30). The first kappa shape index (κ1) is 23.6. The van der Waals surface area contributed by atoms with Crippen LogP contribution in [0.4, 0.5) is 11.4 Å². The Morgan fingerprint density at radius 2 is 1.62 bits per heavy atom. The summed E-state index contributed by atoms with van der Waals surface area (Å²) < 4.78 is 11.9. The van der Waals surface area contributed by atoms with Gasteiger partial charge in [0.2, 0.25) is 0 Å². The van der Waals surface area contributed by atoms with E-state index in [4.69, 9.17) is 21.1 Å². The van der Waals surface area contributed by atoms with E-state index >= 15 is 0 Å². The number of halogens is 2. The van der Waals surface area contributed by atoms with Gasteiger partial charge >= 0.3 is 0 Å². The second kappa shape index (κ2) is 11.0. The van der Waals surface area contributed by atoms with Crippen molar-refractivity contribution in [2.24, 2.45) is 0 Å². The van der Waals surface area contributed by atoms with Crippen molar-refractivity contribution in [3.8, 4) is 11.5 Å². The van der Waals surface area contributed by atoms with Gasteiger partial charge in [-0.05, 0) is 68.4 Å². The minimum atomic E-state index is -0.747. The number of carbonyl (C=O) groups is 2. The molecule has 0 saturated carbocycles. The number of amides is 2. The van der Waals surface area contributed by atoms with Gasteiger partial charge in [0.05, 0.1) is 17.2 Å². The smallest absolute Gasteiger partial charge is 0.265 e. The van der Waals surface area contributed by atoms with Crippen LogP contribution < -0.4 is 20.1 Å². The highest BCUT2D eigenvalue weighted by Crippen LogP contribution is 2.26. The van der Waals surface area contributed by atoms with Gasteiger partial charge in [-0.1, -0.05) is 39.7 Å². The van der Waals surface area contributed by atoms with Crippen LogP contribution in [0.1, 0.15) is 24.2 Å². The Morgan fingerprint density at radius 3 is 2.28 bits per heavy atom. The lowest BCUT2D eigenvalue weighted by Crippen LogP contribution is -2.30. The van der Waals surface area contributed by atoms with E-state index in [2.05, 4.69) is 26.6 Å². The summed E-state index contributed by atoms with van der Waals surface area (Å²) >= 11 is 9.45. The molecule has 0 bridgehead atoms. The Bertz CT molecular complexity index is 1110. The second-order valence-corrected chi connectivity index (χ2v) is 8.11. The molecule has 0 aromatic heterocycles. The molecule has 166 valence electrons. The summed E-state index contributed by atoms with van der Waals surface area (Å²) in [6.45, 7) is 3.95. The number of para-hydroxylation sites is 1. The molecule has 2 amide bonds. The first-order valence-corrected chi connectivity index (χ1v) is 11.1. The summed E-state index contributed by atoms with van der Waals surface area (Å²) in [6.07, 6.45) is -0.747. The van der Waals surface area contributed by atoms with E-state index in [0.29, 0.717) is 40.1 Å². The van der Waals surface area contributed by atoms with Crippen LogP contribution in [-0.2, 0) is 4.79 Å². The number of hydrogen-bond donors (Lipinski definition) is 2. The predicted molar refractivity (Wildman–Crippen MR) is 130 cm³/mol. The third-order valence-electron chi connectivity index (χ3n) is 4.41. The maximum Gasteiger partial charge on any atom is 0.265 e. The number of hydrogen-bond acceptors (Lipinski definition) is 4. The highest BCUT2D eigenvalue weighted by molar-refractivity contribution is 9.10. The first-order chi connectivity index (χ1) is 15.4. The molecular weight excluding hydrogens is 496 g/mol. The zero-order valence-electron chi connectivity index (χ0n) is 17.5. The van der Waals surface area contributed by atoms with Crippen molar-refractivity contribution in [1.29, 1.82) is 0 Å². The molecule has 3 aromatic rings. The number of carbonyl (C=O) groups excluding carboxylic acids is 2. The summed E-state index contributed by atoms with van der Waals surface area (Å²) in [4.78, 5) is 25.1. The molecule has 1 unspecified atom stereocenters. The number of anilines is 2. The summed E-state index contributed by atoms with van der Waals surface area (Å²) in [7, 11) is 0. The first-order valence-electron chi connectivity index (χ1n) is 9.93. The van der Waals surface area contributed by atoms with Gasteiger partial charge in [-0.15, -0.1) is 0 Å². The number of benzene rings is 3. The van der Waals surface area contributed by atoms with Crippen LogP contribution in [0.25, 0.3) is 0 Å². The van der Waals surface area contributed by atoms with Crippen molar-refractivity contribution >= 4 is 50.7 Å². The fraction of sp³-hybridized carbons (Fsp3) is 0.167. The lowest BCUT2D eigenvalue weighted by Gasteiger charge is -2.16. The minimum Gasteiger partial charge on any atom is -0.493 e. The fourth-order valence-electron chi connectivity index (χ4n) is 2.82. The Balaban J connectivity index is 1.61. The van der Waals surface area contributed by atoms with Gasteiger partial charge < -0.3 is 20.1 Å². The van der Waals surface area contributed by atoms with E-state index in [1.54, 1.807) is 67.6 Å². The Labute approximate surface area is 200 Å². The fourth-order valence-corrected chi connectivity index (χ4v) is 3.37. The Morgan fingerprint density at radius 1 is 0.969 bits per heavy atom. The Kier molecular flexibility index (Phi) is 8.14. The number of nitrogens with one attached hydrogen (secondary N) is 2. The largest absolute Gasteiger partial charge is 0.493 e. The molecule has 0 spiro atoms. The van der Waals surface area contributed by atoms with Crippen LogP contribution in [0.3, 0.4) is 0 Å². The molecule has 32 heavy (non-hydrogen) atoms. The van der Waals surface area contributed by atoms with Crippen molar-refractivity contribution in [2.75, 3.05) is 17.2 Å². The van der Waals surface area contributed by atoms with Crippen LogP contribution in [-0.4, -0.2) is 24.5 Å². The molecule has 0 heterocycles. The SMILES string of the molecule is CCOc1ccc(Br)cc1C(=O)Nc1ccc(NC(=O)C(C)Oc2ccccc2Cl)cc1. The molecule has 6 nitrogen and oxygen atoms in total. The van der Waals surface area contributed by atoms with E-state index < -0.39 is 6.10 Å². The van der Waals surface area contributed by atoms with Crippen molar-refractivity contribution < 1.29 is 19.1 Å². The topological polar surface area (TPSA) is 76.7 Å². The summed E-state index contributed by atoms with van der Waals surface area (Å²) in [5, 5.41) is 6.05. The van der Waals surface area contributed by atoms with Gasteiger partial charge in [-0.25, -0.2) is 0 Å². The molecule has 2 N–H and O–H groups in total. The van der Waals surface area contributed by atoms with Crippen molar-refractivity contribution in [1.82, 2.24) is 0 Å².